The molecule has 148 valence electrons. The molecule has 10 heteroatoms. The molecule has 29 heavy (non-hydrogen) atoms. The van der Waals surface area contributed by atoms with Gasteiger partial charge in [-0.05, 0) is 59.3 Å². The number of urea groups is 1. The lowest BCUT2D eigenvalue weighted by molar-refractivity contribution is -0.131. The molecule has 1 aromatic heterocycles. The molecule has 0 spiro atoms. The first-order valence-electron chi connectivity index (χ1n) is 8.84. The second kappa shape index (κ2) is 7.63. The van der Waals surface area contributed by atoms with E-state index in [0.29, 0.717) is 17.0 Å². The number of carbonyl (C=O) groups excluding carboxylic acids is 2. The second-order valence-electron chi connectivity index (χ2n) is 6.62. The van der Waals surface area contributed by atoms with E-state index in [4.69, 9.17) is 4.74 Å². The van der Waals surface area contributed by atoms with Crippen LogP contribution in [0.4, 0.5) is 4.79 Å². The van der Waals surface area contributed by atoms with Crippen molar-refractivity contribution in [2.45, 2.75) is 12.5 Å². The lowest BCUT2D eigenvalue weighted by Gasteiger charge is -2.22. The van der Waals surface area contributed by atoms with E-state index in [1.165, 1.54) is 15.9 Å². The summed E-state index contributed by atoms with van der Waals surface area (Å²) in [6, 6.07) is 14.0. The Balaban J connectivity index is 1.48. The number of nitrogens with zero attached hydrogens (tertiary/aromatic N) is 5. The van der Waals surface area contributed by atoms with Gasteiger partial charge in [-0.25, -0.2) is 9.48 Å². The summed E-state index contributed by atoms with van der Waals surface area (Å²) >= 11 is 3.36. The van der Waals surface area contributed by atoms with Crippen LogP contribution in [0.1, 0.15) is 12.5 Å². The summed E-state index contributed by atoms with van der Waals surface area (Å²) in [5.41, 5.74) is 0.145. The van der Waals surface area contributed by atoms with E-state index in [1.807, 2.05) is 30.3 Å². The molecule has 0 aliphatic carbocycles. The second-order valence-corrected chi connectivity index (χ2v) is 7.53. The smallest absolute Gasteiger partial charge is 0.325 e. The van der Waals surface area contributed by atoms with Crippen LogP contribution in [0.15, 0.2) is 59.3 Å². The number of hydrogen-bond donors (Lipinski definition) is 1. The summed E-state index contributed by atoms with van der Waals surface area (Å²) in [7, 11) is 0. The Labute approximate surface area is 174 Å². The third kappa shape index (κ3) is 3.70. The Morgan fingerprint density at radius 2 is 1.97 bits per heavy atom. The Morgan fingerprint density at radius 3 is 2.69 bits per heavy atom. The summed E-state index contributed by atoms with van der Waals surface area (Å²) in [5, 5.41) is 13.9. The highest BCUT2D eigenvalue weighted by molar-refractivity contribution is 9.10. The Bertz CT molecular complexity index is 1040. The Morgan fingerprint density at radius 1 is 1.17 bits per heavy atom. The predicted octanol–water partition coefficient (Wildman–Crippen LogP) is 2.27. The Hall–Kier alpha value is -3.27. The van der Waals surface area contributed by atoms with Gasteiger partial charge in [-0.15, -0.1) is 5.10 Å². The maximum absolute atomic E-state index is 13.1. The van der Waals surface area contributed by atoms with Crippen LogP contribution in [0.2, 0.25) is 0 Å². The number of hydrogen-bond acceptors (Lipinski definition) is 6. The molecule has 1 N–H and O–H groups in total. The molecular formula is C19H17BrN6O3. The van der Waals surface area contributed by atoms with Crippen molar-refractivity contribution in [1.29, 1.82) is 0 Å². The van der Waals surface area contributed by atoms with Gasteiger partial charge in [0.25, 0.3) is 5.91 Å². The zero-order valence-electron chi connectivity index (χ0n) is 15.4. The Kier molecular flexibility index (Phi) is 5.01. The highest BCUT2D eigenvalue weighted by atomic mass is 79.9. The minimum absolute atomic E-state index is 0.142. The van der Waals surface area contributed by atoms with Crippen molar-refractivity contribution in [2.75, 3.05) is 13.2 Å². The van der Waals surface area contributed by atoms with Crippen LogP contribution in [-0.2, 0) is 10.3 Å². The average molecular weight is 457 g/mol. The number of nitrogens with one attached hydrogen (secondary N) is 1. The highest BCUT2D eigenvalue weighted by Crippen LogP contribution is 2.30. The normalized spacial score (nSPS) is 18.8. The van der Waals surface area contributed by atoms with E-state index in [1.54, 1.807) is 25.1 Å². The molecule has 0 bridgehead atoms. The molecule has 4 rings (SSSR count). The zero-order chi connectivity index (χ0) is 20.4. The molecule has 3 amide bonds. The number of carbonyl (C=O) groups is 2. The average Bonchev–Trinajstić information content (AvgIpc) is 3.33. The quantitative estimate of drug-likeness (QED) is 0.570. The highest BCUT2D eigenvalue weighted by Gasteiger charge is 2.48. The topological polar surface area (TPSA) is 102 Å². The van der Waals surface area contributed by atoms with Crippen LogP contribution < -0.4 is 10.1 Å². The minimum atomic E-state index is -1.18. The SMILES string of the molecule is C[C@]1(c2cccc(-n3cnnn3)c2)NC(=O)N(CCOc2ccc(Br)cc2)C1=O. The molecule has 1 aliphatic heterocycles. The van der Waals surface area contributed by atoms with Crippen LogP contribution in [0, 0.1) is 0 Å². The first kappa shape index (κ1) is 19.1. The first-order valence-corrected chi connectivity index (χ1v) is 9.63. The lowest BCUT2D eigenvalue weighted by atomic mass is 9.91. The molecule has 1 atom stereocenters. The van der Waals surface area contributed by atoms with Crippen molar-refractivity contribution in [2.24, 2.45) is 0 Å². The fraction of sp³-hybridized carbons (Fsp3) is 0.211. The standard InChI is InChI=1S/C19H17BrN6O3/c1-19(13-3-2-4-15(11-13)26-12-21-23-24-26)17(27)25(18(28)22-19)9-10-29-16-7-5-14(20)6-8-16/h2-8,11-12H,9-10H2,1H3,(H,22,28)/t19-/m1/s1. The van der Waals surface area contributed by atoms with Crippen molar-refractivity contribution in [1.82, 2.24) is 30.4 Å². The van der Waals surface area contributed by atoms with Gasteiger partial charge in [-0.3, -0.25) is 9.69 Å². The molecule has 2 heterocycles. The molecule has 9 nitrogen and oxygen atoms in total. The third-order valence-corrected chi connectivity index (χ3v) is 5.24. The summed E-state index contributed by atoms with van der Waals surface area (Å²) < 4.78 is 8.07. The van der Waals surface area contributed by atoms with Gasteiger partial charge in [0.1, 0.15) is 24.2 Å². The largest absolute Gasteiger partial charge is 0.492 e. The molecule has 1 aliphatic rings. The summed E-state index contributed by atoms with van der Waals surface area (Å²) in [4.78, 5) is 26.7. The van der Waals surface area contributed by atoms with Gasteiger partial charge in [-0.1, -0.05) is 28.1 Å². The fourth-order valence-electron chi connectivity index (χ4n) is 3.12. The van der Waals surface area contributed by atoms with Crippen molar-refractivity contribution >= 4 is 27.9 Å². The van der Waals surface area contributed by atoms with Crippen molar-refractivity contribution in [3.8, 4) is 11.4 Å². The number of tetrazole rings is 1. The van der Waals surface area contributed by atoms with E-state index in [-0.39, 0.29) is 19.1 Å². The van der Waals surface area contributed by atoms with E-state index >= 15 is 0 Å². The van der Waals surface area contributed by atoms with Crippen LogP contribution in [0.5, 0.6) is 5.75 Å². The molecule has 2 aromatic carbocycles. The number of rotatable bonds is 6. The van der Waals surface area contributed by atoms with Crippen LogP contribution >= 0.6 is 15.9 Å². The van der Waals surface area contributed by atoms with Gasteiger partial charge in [0, 0.05) is 4.47 Å². The number of halogens is 1. The van der Waals surface area contributed by atoms with Gasteiger partial charge < -0.3 is 10.1 Å². The molecular weight excluding hydrogens is 440 g/mol. The van der Waals surface area contributed by atoms with Gasteiger partial charge in [0.2, 0.25) is 0 Å². The van der Waals surface area contributed by atoms with Gasteiger partial charge in [0.05, 0.1) is 12.2 Å². The lowest BCUT2D eigenvalue weighted by Crippen LogP contribution is -2.41. The minimum Gasteiger partial charge on any atom is -0.492 e. The number of benzene rings is 2. The van der Waals surface area contributed by atoms with Crippen molar-refractivity contribution in [3.63, 3.8) is 0 Å². The molecule has 0 unspecified atom stereocenters. The number of imide groups is 1. The van der Waals surface area contributed by atoms with Crippen molar-refractivity contribution < 1.29 is 14.3 Å². The van der Waals surface area contributed by atoms with Crippen LogP contribution in [0.3, 0.4) is 0 Å². The molecule has 1 fully saturated rings. The van der Waals surface area contributed by atoms with Crippen LogP contribution in [-0.4, -0.2) is 50.2 Å². The van der Waals surface area contributed by atoms with Gasteiger partial charge in [-0.2, -0.15) is 0 Å². The molecule has 0 radical (unpaired) electrons. The number of ether oxygens (including phenoxy) is 1. The predicted molar refractivity (Wildman–Crippen MR) is 106 cm³/mol. The zero-order valence-corrected chi connectivity index (χ0v) is 17.0. The van der Waals surface area contributed by atoms with E-state index in [0.717, 1.165) is 4.47 Å². The van der Waals surface area contributed by atoms with Crippen LogP contribution in [0.25, 0.3) is 5.69 Å². The fourth-order valence-corrected chi connectivity index (χ4v) is 3.38. The first-order chi connectivity index (χ1) is 14.0. The number of aromatic nitrogens is 4. The van der Waals surface area contributed by atoms with E-state index in [2.05, 4.69) is 36.8 Å². The van der Waals surface area contributed by atoms with Gasteiger partial charge in [0.15, 0.2) is 0 Å². The monoisotopic (exact) mass is 456 g/mol. The molecule has 0 saturated carbocycles. The summed E-state index contributed by atoms with van der Waals surface area (Å²) in [5.74, 6) is 0.327. The maximum atomic E-state index is 13.1. The van der Waals surface area contributed by atoms with Gasteiger partial charge >= 0.3 is 6.03 Å². The third-order valence-electron chi connectivity index (χ3n) is 4.71. The van der Waals surface area contributed by atoms with E-state index < -0.39 is 11.6 Å². The summed E-state index contributed by atoms with van der Waals surface area (Å²) in [6.07, 6.45) is 1.46. The van der Waals surface area contributed by atoms with Crippen molar-refractivity contribution in [3.05, 3.63) is 64.9 Å². The maximum Gasteiger partial charge on any atom is 0.325 e. The molecule has 1 saturated heterocycles. The molecule has 3 aromatic rings. The number of amides is 3. The summed E-state index contributed by atoms with van der Waals surface area (Å²) in [6.45, 7) is 2.02. The van der Waals surface area contributed by atoms with E-state index in [9.17, 15) is 9.59 Å².